The lowest BCUT2D eigenvalue weighted by atomic mass is 10.0. The molecule has 0 aliphatic heterocycles. The fraction of sp³-hybridized carbons (Fsp3) is 0.533. The van der Waals surface area contributed by atoms with E-state index in [9.17, 15) is 4.79 Å². The second kappa shape index (κ2) is 6.57. The van der Waals surface area contributed by atoms with Crippen LogP contribution in [0.5, 0.6) is 5.75 Å². The summed E-state index contributed by atoms with van der Waals surface area (Å²) in [5.74, 6) is 0.538. The second-order valence-corrected chi connectivity index (χ2v) is 5.12. The number of carbonyl (C=O) groups is 1. The quantitative estimate of drug-likeness (QED) is 0.856. The Labute approximate surface area is 115 Å². The lowest BCUT2D eigenvalue weighted by Crippen LogP contribution is -2.39. The number of nitrogens with one attached hydrogen (secondary N) is 1. The fourth-order valence-electron chi connectivity index (χ4n) is 1.85. The lowest BCUT2D eigenvalue weighted by Gasteiger charge is -2.21. The molecule has 4 nitrogen and oxygen atoms in total. The van der Waals surface area contributed by atoms with Crippen molar-refractivity contribution in [3.8, 4) is 5.75 Å². The third kappa shape index (κ3) is 3.96. The maximum absolute atomic E-state index is 12.0. The smallest absolute Gasteiger partial charge is 0.224 e. The first kappa shape index (κ1) is 15.5. The summed E-state index contributed by atoms with van der Waals surface area (Å²) in [6.45, 7) is 7.63. The van der Waals surface area contributed by atoms with E-state index in [0.29, 0.717) is 0 Å². The molecule has 0 spiro atoms. The average molecular weight is 264 g/mol. The van der Waals surface area contributed by atoms with Crippen molar-refractivity contribution in [3.05, 3.63) is 29.3 Å². The van der Waals surface area contributed by atoms with Crippen LogP contribution in [0, 0.1) is 12.8 Å². The molecule has 106 valence electrons. The van der Waals surface area contributed by atoms with E-state index in [1.807, 2.05) is 45.9 Å². The molecule has 1 amide bonds. The van der Waals surface area contributed by atoms with Gasteiger partial charge in [-0.1, -0.05) is 24.6 Å². The van der Waals surface area contributed by atoms with Gasteiger partial charge in [-0.05, 0) is 26.8 Å². The number of hydrogen-bond acceptors (Lipinski definition) is 3. The molecule has 0 aliphatic rings. The third-order valence-corrected chi connectivity index (χ3v) is 3.41. The van der Waals surface area contributed by atoms with Crippen LogP contribution in [0.4, 0.5) is 0 Å². The highest BCUT2D eigenvalue weighted by Gasteiger charge is 2.20. The third-order valence-electron chi connectivity index (χ3n) is 3.41. The van der Waals surface area contributed by atoms with Gasteiger partial charge < -0.3 is 15.8 Å². The van der Waals surface area contributed by atoms with Gasteiger partial charge in [0.2, 0.25) is 5.91 Å². The molecule has 0 fully saturated rings. The van der Waals surface area contributed by atoms with E-state index in [-0.39, 0.29) is 23.9 Å². The number of ether oxygens (including phenoxy) is 1. The predicted octanol–water partition coefficient (Wildman–Crippen LogP) is 2.16. The summed E-state index contributed by atoms with van der Waals surface area (Å²) >= 11 is 0. The SMILES string of the molecule is COc1ccc(C)cc1C(C)NC(=O)C(C)C(C)N. The molecule has 0 saturated heterocycles. The summed E-state index contributed by atoms with van der Waals surface area (Å²) in [7, 11) is 1.63. The molecular weight excluding hydrogens is 240 g/mol. The Bertz CT molecular complexity index is 444. The molecule has 0 radical (unpaired) electrons. The zero-order chi connectivity index (χ0) is 14.6. The molecule has 0 aliphatic carbocycles. The molecule has 0 bridgehead atoms. The molecule has 1 rings (SSSR count). The van der Waals surface area contributed by atoms with Crippen LogP contribution in [0.3, 0.4) is 0 Å². The van der Waals surface area contributed by atoms with Gasteiger partial charge >= 0.3 is 0 Å². The van der Waals surface area contributed by atoms with Gasteiger partial charge in [-0.15, -0.1) is 0 Å². The van der Waals surface area contributed by atoms with E-state index in [1.54, 1.807) is 7.11 Å². The Kier molecular flexibility index (Phi) is 5.36. The minimum atomic E-state index is -0.210. The predicted molar refractivity (Wildman–Crippen MR) is 77.1 cm³/mol. The highest BCUT2D eigenvalue weighted by Crippen LogP contribution is 2.26. The van der Waals surface area contributed by atoms with E-state index in [1.165, 1.54) is 0 Å². The second-order valence-electron chi connectivity index (χ2n) is 5.12. The number of nitrogens with two attached hydrogens (primary N) is 1. The van der Waals surface area contributed by atoms with Crippen molar-refractivity contribution in [2.75, 3.05) is 7.11 Å². The van der Waals surface area contributed by atoms with Gasteiger partial charge in [0.05, 0.1) is 13.2 Å². The van der Waals surface area contributed by atoms with Gasteiger partial charge in [-0.3, -0.25) is 4.79 Å². The van der Waals surface area contributed by atoms with Crippen molar-refractivity contribution in [2.45, 2.75) is 39.8 Å². The standard InChI is InChI=1S/C15H24N2O2/c1-9-6-7-14(19-5)13(8-9)12(4)17-15(18)10(2)11(3)16/h6-8,10-12H,16H2,1-5H3,(H,17,18). The van der Waals surface area contributed by atoms with Gasteiger partial charge in [0.25, 0.3) is 0 Å². The van der Waals surface area contributed by atoms with Gasteiger partial charge in [-0.25, -0.2) is 0 Å². The van der Waals surface area contributed by atoms with Crippen molar-refractivity contribution in [1.82, 2.24) is 5.32 Å². The van der Waals surface area contributed by atoms with Crippen molar-refractivity contribution in [2.24, 2.45) is 11.7 Å². The Hall–Kier alpha value is -1.55. The highest BCUT2D eigenvalue weighted by atomic mass is 16.5. The van der Waals surface area contributed by atoms with Crippen LogP contribution in [-0.2, 0) is 4.79 Å². The summed E-state index contributed by atoms with van der Waals surface area (Å²) in [5.41, 5.74) is 7.86. The Morgan fingerprint density at radius 2 is 1.95 bits per heavy atom. The number of aryl methyl sites for hydroxylation is 1. The maximum atomic E-state index is 12.0. The molecule has 1 aromatic carbocycles. The molecule has 1 aromatic rings. The first-order valence-corrected chi connectivity index (χ1v) is 6.57. The number of carbonyl (C=O) groups excluding carboxylic acids is 1. The van der Waals surface area contributed by atoms with E-state index in [2.05, 4.69) is 5.32 Å². The Balaban J connectivity index is 2.86. The fourth-order valence-corrected chi connectivity index (χ4v) is 1.85. The molecule has 0 heterocycles. The maximum Gasteiger partial charge on any atom is 0.224 e. The first-order valence-electron chi connectivity index (χ1n) is 6.57. The van der Waals surface area contributed by atoms with E-state index in [4.69, 9.17) is 10.5 Å². The van der Waals surface area contributed by atoms with Crippen LogP contribution in [0.1, 0.15) is 37.9 Å². The van der Waals surface area contributed by atoms with Crippen LogP contribution >= 0.6 is 0 Å². The highest BCUT2D eigenvalue weighted by molar-refractivity contribution is 5.79. The number of rotatable bonds is 5. The number of amides is 1. The summed E-state index contributed by atoms with van der Waals surface area (Å²) in [4.78, 5) is 12.0. The molecule has 3 unspecified atom stereocenters. The Morgan fingerprint density at radius 3 is 2.47 bits per heavy atom. The normalized spacial score (nSPS) is 15.5. The van der Waals surface area contributed by atoms with Crippen molar-refractivity contribution < 1.29 is 9.53 Å². The molecule has 4 heteroatoms. The number of benzene rings is 1. The van der Waals surface area contributed by atoms with E-state index >= 15 is 0 Å². The monoisotopic (exact) mass is 264 g/mol. The average Bonchev–Trinajstić information content (AvgIpc) is 2.37. The zero-order valence-corrected chi connectivity index (χ0v) is 12.4. The van der Waals surface area contributed by atoms with E-state index in [0.717, 1.165) is 16.9 Å². The lowest BCUT2D eigenvalue weighted by molar-refractivity contribution is -0.125. The topological polar surface area (TPSA) is 64.3 Å². The first-order chi connectivity index (χ1) is 8.86. The molecule has 3 atom stereocenters. The zero-order valence-electron chi connectivity index (χ0n) is 12.4. The minimum Gasteiger partial charge on any atom is -0.496 e. The molecule has 0 aromatic heterocycles. The van der Waals surface area contributed by atoms with Crippen LogP contribution < -0.4 is 15.8 Å². The van der Waals surface area contributed by atoms with Gasteiger partial charge in [-0.2, -0.15) is 0 Å². The Morgan fingerprint density at radius 1 is 1.32 bits per heavy atom. The summed E-state index contributed by atoms with van der Waals surface area (Å²) in [5, 5.41) is 2.98. The summed E-state index contributed by atoms with van der Waals surface area (Å²) in [6.07, 6.45) is 0. The van der Waals surface area contributed by atoms with Crippen molar-refractivity contribution >= 4 is 5.91 Å². The van der Waals surface area contributed by atoms with E-state index < -0.39 is 0 Å². The molecular formula is C15H24N2O2. The summed E-state index contributed by atoms with van der Waals surface area (Å²) < 4.78 is 5.33. The van der Waals surface area contributed by atoms with Gasteiger partial charge in [0.1, 0.15) is 5.75 Å². The van der Waals surface area contributed by atoms with Crippen LogP contribution in [0.2, 0.25) is 0 Å². The van der Waals surface area contributed by atoms with Gasteiger partial charge in [0, 0.05) is 17.5 Å². The van der Waals surface area contributed by atoms with Crippen LogP contribution in [0.15, 0.2) is 18.2 Å². The largest absolute Gasteiger partial charge is 0.496 e. The minimum absolute atomic E-state index is 0.0361. The van der Waals surface area contributed by atoms with Gasteiger partial charge in [0.15, 0.2) is 0 Å². The van der Waals surface area contributed by atoms with Crippen LogP contribution in [-0.4, -0.2) is 19.1 Å². The number of hydrogen-bond donors (Lipinski definition) is 2. The van der Waals surface area contributed by atoms with Crippen LogP contribution in [0.25, 0.3) is 0 Å². The molecule has 3 N–H and O–H groups in total. The summed E-state index contributed by atoms with van der Waals surface area (Å²) in [6, 6.07) is 5.67. The molecule has 19 heavy (non-hydrogen) atoms. The van der Waals surface area contributed by atoms with Crippen molar-refractivity contribution in [1.29, 1.82) is 0 Å². The van der Waals surface area contributed by atoms with Crippen molar-refractivity contribution in [3.63, 3.8) is 0 Å². The molecule has 0 saturated carbocycles. The number of methoxy groups -OCH3 is 1.